The number of nitrogens with zero attached hydrogens (tertiary/aromatic N) is 1. The molecule has 1 aliphatic rings. The van der Waals surface area contributed by atoms with Crippen molar-refractivity contribution < 1.29 is 8.42 Å². The van der Waals surface area contributed by atoms with Crippen molar-refractivity contribution >= 4 is 39.8 Å². The highest BCUT2D eigenvalue weighted by atomic mass is 127. The van der Waals surface area contributed by atoms with E-state index < -0.39 is 9.84 Å². The summed E-state index contributed by atoms with van der Waals surface area (Å²) < 4.78 is 23.2. The maximum Gasteiger partial charge on any atom is 0.191 e. The number of benzene rings is 1. The van der Waals surface area contributed by atoms with Crippen molar-refractivity contribution in [1.82, 2.24) is 10.6 Å². The van der Waals surface area contributed by atoms with E-state index in [0.29, 0.717) is 12.5 Å². The molecule has 0 heterocycles. The van der Waals surface area contributed by atoms with Crippen LogP contribution in [0.15, 0.2) is 29.3 Å². The molecular formula is C21H36IN3O2S. The predicted octanol–water partition coefficient (Wildman–Crippen LogP) is 3.74. The van der Waals surface area contributed by atoms with E-state index in [2.05, 4.69) is 53.7 Å². The summed E-state index contributed by atoms with van der Waals surface area (Å²) in [4.78, 5) is 4.64. The average molecular weight is 522 g/mol. The van der Waals surface area contributed by atoms with Crippen LogP contribution in [0.1, 0.15) is 57.1 Å². The third-order valence-electron chi connectivity index (χ3n) is 5.02. The van der Waals surface area contributed by atoms with Gasteiger partial charge in [0.15, 0.2) is 5.96 Å². The molecule has 0 radical (unpaired) electrons. The Balaban J connectivity index is 0.00000392. The largest absolute Gasteiger partial charge is 0.357 e. The van der Waals surface area contributed by atoms with E-state index in [1.54, 1.807) is 0 Å². The molecule has 0 spiro atoms. The van der Waals surface area contributed by atoms with Crippen LogP contribution in [0.25, 0.3) is 0 Å². The summed E-state index contributed by atoms with van der Waals surface area (Å²) in [5, 5.41) is 6.63. The summed E-state index contributed by atoms with van der Waals surface area (Å²) in [7, 11) is -2.95. The molecular weight excluding hydrogens is 485 g/mol. The van der Waals surface area contributed by atoms with Gasteiger partial charge in [0.1, 0.15) is 9.84 Å². The first-order valence-corrected chi connectivity index (χ1v) is 12.1. The Morgan fingerprint density at radius 1 is 1.18 bits per heavy atom. The first kappa shape index (κ1) is 25.2. The molecule has 7 heteroatoms. The highest BCUT2D eigenvalue weighted by Crippen LogP contribution is 2.46. The lowest BCUT2D eigenvalue weighted by molar-refractivity contribution is 0.550. The van der Waals surface area contributed by atoms with Crippen LogP contribution in [0.3, 0.4) is 0 Å². The van der Waals surface area contributed by atoms with Crippen LogP contribution >= 0.6 is 24.0 Å². The van der Waals surface area contributed by atoms with Gasteiger partial charge >= 0.3 is 0 Å². The van der Waals surface area contributed by atoms with E-state index in [-0.39, 0.29) is 35.1 Å². The first-order chi connectivity index (χ1) is 12.7. The molecule has 160 valence electrons. The Hall–Kier alpha value is -0.830. The average Bonchev–Trinajstić information content (AvgIpc) is 3.34. The van der Waals surface area contributed by atoms with E-state index in [1.165, 1.54) is 17.4 Å². The predicted molar refractivity (Wildman–Crippen MR) is 130 cm³/mol. The van der Waals surface area contributed by atoms with Crippen molar-refractivity contribution in [2.75, 3.05) is 31.6 Å². The highest BCUT2D eigenvalue weighted by Gasteiger charge is 2.45. The number of sulfone groups is 1. The molecule has 1 fully saturated rings. The van der Waals surface area contributed by atoms with Crippen molar-refractivity contribution in [1.29, 1.82) is 0 Å². The number of aliphatic imine (C=N–C) groups is 1. The van der Waals surface area contributed by atoms with Gasteiger partial charge in [0, 0.05) is 31.3 Å². The van der Waals surface area contributed by atoms with Gasteiger partial charge in [0.05, 0.1) is 5.75 Å². The molecule has 1 aromatic carbocycles. The summed E-state index contributed by atoms with van der Waals surface area (Å²) in [6.45, 7) is 8.67. The summed E-state index contributed by atoms with van der Waals surface area (Å²) >= 11 is 0. The van der Waals surface area contributed by atoms with Crippen molar-refractivity contribution in [3.8, 4) is 0 Å². The molecule has 2 rings (SSSR count). The van der Waals surface area contributed by atoms with Gasteiger partial charge in [-0.2, -0.15) is 0 Å². The number of hydrogen-bond acceptors (Lipinski definition) is 3. The number of rotatable bonds is 10. The second-order valence-corrected chi connectivity index (χ2v) is 10.3. The molecule has 0 saturated heterocycles. The van der Waals surface area contributed by atoms with Gasteiger partial charge in [-0.25, -0.2) is 8.42 Å². The Kier molecular flexibility index (Phi) is 10.2. The fourth-order valence-corrected chi connectivity index (χ4v) is 4.73. The van der Waals surface area contributed by atoms with Crippen LogP contribution in [-0.2, 0) is 16.3 Å². The molecule has 0 aliphatic heterocycles. The number of aryl methyl sites for hydroxylation is 1. The van der Waals surface area contributed by atoms with Gasteiger partial charge in [0.25, 0.3) is 0 Å². The van der Waals surface area contributed by atoms with Gasteiger partial charge in [0.2, 0.25) is 0 Å². The Labute approximate surface area is 188 Å². The normalized spacial score (nSPS) is 15.8. The zero-order chi connectivity index (χ0) is 19.9. The van der Waals surface area contributed by atoms with Crippen LogP contribution < -0.4 is 10.6 Å². The maximum absolute atomic E-state index is 11.6. The van der Waals surface area contributed by atoms with Gasteiger partial charge in [-0.1, -0.05) is 38.1 Å². The number of guanidine groups is 1. The second-order valence-electron chi connectivity index (χ2n) is 8.19. The lowest BCUT2D eigenvalue weighted by Gasteiger charge is -2.15. The van der Waals surface area contributed by atoms with Crippen LogP contribution in [0.2, 0.25) is 0 Å². The number of halogens is 1. The van der Waals surface area contributed by atoms with E-state index in [4.69, 9.17) is 0 Å². The second kappa shape index (κ2) is 11.4. The van der Waals surface area contributed by atoms with Crippen LogP contribution in [0.5, 0.6) is 0 Å². The lowest BCUT2D eigenvalue weighted by atomic mass is 10.0. The quantitative estimate of drug-likeness (QED) is 0.213. The molecule has 1 saturated carbocycles. The van der Waals surface area contributed by atoms with Crippen LogP contribution in [0, 0.1) is 5.41 Å². The Morgan fingerprint density at radius 3 is 2.32 bits per heavy atom. The number of hydrogen-bond donors (Lipinski definition) is 2. The molecule has 2 N–H and O–H groups in total. The number of nitrogens with one attached hydrogen (secondary N) is 2. The van der Waals surface area contributed by atoms with E-state index in [1.807, 2.05) is 6.92 Å². The minimum atomic E-state index is -2.95. The zero-order valence-corrected chi connectivity index (χ0v) is 20.8. The first-order valence-electron chi connectivity index (χ1n) is 10.0. The SMILES string of the molecule is CCNC(=NCC1(CS(C)(=O)=O)CC1)NCCCc1ccc(C(C)C)cc1.I. The fraction of sp³-hybridized carbons (Fsp3) is 0.667. The van der Waals surface area contributed by atoms with E-state index in [0.717, 1.165) is 44.7 Å². The van der Waals surface area contributed by atoms with Gasteiger partial charge in [-0.15, -0.1) is 24.0 Å². The monoisotopic (exact) mass is 521 g/mol. The van der Waals surface area contributed by atoms with Crippen LogP contribution in [0.4, 0.5) is 0 Å². The summed E-state index contributed by atoms with van der Waals surface area (Å²) in [6, 6.07) is 8.87. The van der Waals surface area contributed by atoms with Crippen molar-refractivity contribution in [2.24, 2.45) is 10.4 Å². The fourth-order valence-electron chi connectivity index (χ4n) is 3.24. The molecule has 0 aromatic heterocycles. The maximum atomic E-state index is 11.6. The minimum Gasteiger partial charge on any atom is -0.357 e. The van der Waals surface area contributed by atoms with Crippen molar-refractivity contribution in [3.63, 3.8) is 0 Å². The van der Waals surface area contributed by atoms with Gasteiger partial charge < -0.3 is 10.6 Å². The topological polar surface area (TPSA) is 70.6 Å². The van der Waals surface area contributed by atoms with E-state index >= 15 is 0 Å². The third-order valence-corrected chi connectivity index (χ3v) is 6.16. The van der Waals surface area contributed by atoms with Gasteiger partial charge in [-0.05, 0) is 49.7 Å². The zero-order valence-electron chi connectivity index (χ0n) is 17.6. The van der Waals surface area contributed by atoms with Crippen molar-refractivity contribution in [3.05, 3.63) is 35.4 Å². The molecule has 28 heavy (non-hydrogen) atoms. The molecule has 5 nitrogen and oxygen atoms in total. The third kappa shape index (κ3) is 9.11. The Morgan fingerprint density at radius 2 is 1.82 bits per heavy atom. The standard InChI is InChI=1S/C21H35N3O2S.HI/c1-5-22-20(24-15-21(12-13-21)16-27(4,25)26)23-14-6-7-18-8-10-19(11-9-18)17(2)3;/h8-11,17H,5-7,12-16H2,1-4H3,(H2,22,23,24);1H. The summed E-state index contributed by atoms with van der Waals surface area (Å²) in [6.07, 6.45) is 5.28. The summed E-state index contributed by atoms with van der Waals surface area (Å²) in [5.41, 5.74) is 2.60. The van der Waals surface area contributed by atoms with Crippen molar-refractivity contribution in [2.45, 2.75) is 52.4 Å². The Bertz CT molecular complexity index is 727. The molecule has 1 aromatic rings. The molecule has 1 aliphatic carbocycles. The molecule has 0 unspecified atom stereocenters. The summed E-state index contributed by atoms with van der Waals surface area (Å²) in [5.74, 6) is 1.60. The minimum absolute atomic E-state index is 0. The lowest BCUT2D eigenvalue weighted by Crippen LogP contribution is -2.38. The van der Waals surface area contributed by atoms with E-state index in [9.17, 15) is 8.42 Å². The smallest absolute Gasteiger partial charge is 0.191 e. The van der Waals surface area contributed by atoms with Gasteiger partial charge in [-0.3, -0.25) is 4.99 Å². The molecule has 0 atom stereocenters. The van der Waals surface area contributed by atoms with Crippen LogP contribution in [-0.4, -0.2) is 46.0 Å². The molecule has 0 amide bonds. The highest BCUT2D eigenvalue weighted by molar-refractivity contribution is 14.0. The molecule has 0 bridgehead atoms.